The number of aromatic nitrogens is 3. The molecule has 0 spiro atoms. The van der Waals surface area contributed by atoms with Gasteiger partial charge in [-0.15, -0.1) is 0 Å². The second-order valence-corrected chi connectivity index (χ2v) is 11.8. The van der Waals surface area contributed by atoms with Crippen LogP contribution in [0.1, 0.15) is 55.7 Å². The van der Waals surface area contributed by atoms with E-state index in [4.69, 9.17) is 0 Å². The average Bonchev–Trinajstić information content (AvgIpc) is 3.84. The standard InChI is InChI=1S/C36H35N9O6/c1-19(46)37-9-11-39-34(49)30-17-23-14-25(4-7-28(23)43-30)41-33(48)21-3-6-27-22(13-21)16-32(45-27)36(51)42-26-5-8-29-24(15-26)18-31(44-29)35(50)40-12-10-38-20(2)47/h3-8,13-18,43-45H,9-12H2,1-2H3,(H,37,46)(H,38,47)(H,39,49)(H,40,50)(H,41,48)(H,42,51). The molecule has 3 aromatic carbocycles. The summed E-state index contributed by atoms with van der Waals surface area (Å²) in [7, 11) is 0. The first-order valence-electron chi connectivity index (χ1n) is 16.1. The van der Waals surface area contributed by atoms with Gasteiger partial charge in [-0.1, -0.05) is 0 Å². The van der Waals surface area contributed by atoms with Crippen molar-refractivity contribution in [3.63, 3.8) is 0 Å². The van der Waals surface area contributed by atoms with E-state index < -0.39 is 0 Å². The molecule has 3 aromatic heterocycles. The van der Waals surface area contributed by atoms with Crippen molar-refractivity contribution in [2.24, 2.45) is 0 Å². The van der Waals surface area contributed by atoms with Gasteiger partial charge in [0.1, 0.15) is 17.1 Å². The Morgan fingerprint density at radius 3 is 1.31 bits per heavy atom. The zero-order chi connectivity index (χ0) is 36.1. The Morgan fingerprint density at radius 2 is 0.843 bits per heavy atom. The van der Waals surface area contributed by atoms with Crippen molar-refractivity contribution in [3.05, 3.63) is 95.4 Å². The number of nitrogens with one attached hydrogen (secondary N) is 9. The van der Waals surface area contributed by atoms with Gasteiger partial charge in [-0.3, -0.25) is 28.8 Å². The number of hydrogen-bond donors (Lipinski definition) is 9. The summed E-state index contributed by atoms with van der Waals surface area (Å²) in [4.78, 5) is 82.5. The molecule has 9 N–H and O–H groups in total. The van der Waals surface area contributed by atoms with Gasteiger partial charge in [0.15, 0.2) is 0 Å². The summed E-state index contributed by atoms with van der Waals surface area (Å²) < 4.78 is 0. The quantitative estimate of drug-likeness (QED) is 0.0876. The highest BCUT2D eigenvalue weighted by Crippen LogP contribution is 2.24. The first kappa shape index (κ1) is 34.0. The molecule has 6 amide bonds. The highest BCUT2D eigenvalue weighted by Gasteiger charge is 2.15. The summed E-state index contributed by atoms with van der Waals surface area (Å²) in [5.74, 6) is -1.72. The Morgan fingerprint density at radius 1 is 0.451 bits per heavy atom. The molecule has 0 bridgehead atoms. The van der Waals surface area contributed by atoms with E-state index in [1.54, 1.807) is 72.8 Å². The number of H-pyrrole nitrogens is 3. The Bertz CT molecular complexity index is 2210. The van der Waals surface area contributed by atoms with Crippen LogP contribution in [-0.4, -0.2) is 76.6 Å². The number of fused-ring (bicyclic) bond motifs is 3. The molecule has 0 fully saturated rings. The van der Waals surface area contributed by atoms with Gasteiger partial charge in [0.2, 0.25) is 11.8 Å². The van der Waals surface area contributed by atoms with E-state index in [2.05, 4.69) is 46.9 Å². The van der Waals surface area contributed by atoms with Crippen molar-refractivity contribution >= 4 is 79.5 Å². The van der Waals surface area contributed by atoms with Gasteiger partial charge in [-0.25, -0.2) is 0 Å². The zero-order valence-corrected chi connectivity index (χ0v) is 27.7. The van der Waals surface area contributed by atoms with E-state index in [0.29, 0.717) is 63.5 Å². The summed E-state index contributed by atoms with van der Waals surface area (Å²) in [6.07, 6.45) is 0. The van der Waals surface area contributed by atoms with Gasteiger partial charge in [-0.05, 0) is 72.8 Å². The highest BCUT2D eigenvalue weighted by molar-refractivity contribution is 6.10. The number of amides is 6. The molecule has 51 heavy (non-hydrogen) atoms. The van der Waals surface area contributed by atoms with E-state index in [9.17, 15) is 28.8 Å². The van der Waals surface area contributed by atoms with Crippen molar-refractivity contribution in [2.75, 3.05) is 36.8 Å². The summed E-state index contributed by atoms with van der Waals surface area (Å²) in [6.45, 7) is 4.02. The molecule has 0 atom stereocenters. The second kappa shape index (κ2) is 14.7. The lowest BCUT2D eigenvalue weighted by atomic mass is 10.1. The fourth-order valence-electron chi connectivity index (χ4n) is 5.48. The largest absolute Gasteiger partial charge is 0.355 e. The zero-order valence-electron chi connectivity index (χ0n) is 27.7. The first-order chi connectivity index (χ1) is 24.5. The lowest BCUT2D eigenvalue weighted by Crippen LogP contribution is -2.33. The van der Waals surface area contributed by atoms with Gasteiger partial charge < -0.3 is 46.9 Å². The van der Waals surface area contributed by atoms with Crippen LogP contribution >= 0.6 is 0 Å². The molecule has 15 nitrogen and oxygen atoms in total. The van der Waals surface area contributed by atoms with Crippen molar-refractivity contribution in [1.29, 1.82) is 0 Å². The fourth-order valence-corrected chi connectivity index (χ4v) is 5.48. The summed E-state index contributed by atoms with van der Waals surface area (Å²) >= 11 is 0. The summed E-state index contributed by atoms with van der Waals surface area (Å²) in [5, 5.41) is 18.6. The molecule has 260 valence electrons. The summed E-state index contributed by atoms with van der Waals surface area (Å²) in [5.41, 5.74) is 4.55. The van der Waals surface area contributed by atoms with Crippen LogP contribution in [0.5, 0.6) is 0 Å². The molecule has 0 saturated heterocycles. The third kappa shape index (κ3) is 8.22. The van der Waals surface area contributed by atoms with Crippen LogP contribution in [0.3, 0.4) is 0 Å². The van der Waals surface area contributed by atoms with Crippen LogP contribution in [-0.2, 0) is 9.59 Å². The molecule has 15 heteroatoms. The smallest absolute Gasteiger partial charge is 0.272 e. The van der Waals surface area contributed by atoms with Crippen molar-refractivity contribution < 1.29 is 28.8 Å². The van der Waals surface area contributed by atoms with E-state index in [-0.39, 0.29) is 48.5 Å². The number of benzene rings is 3. The molecule has 3 heterocycles. The minimum atomic E-state index is -0.386. The SMILES string of the molecule is CC(=O)NCCNC(=O)c1cc2cc(NC(=O)c3ccc4[nH]c(C(=O)Nc5ccc6[nH]c(C(=O)NCCNC(C)=O)cc6c5)cc4c3)ccc2[nH]1. The van der Waals surface area contributed by atoms with Crippen LogP contribution in [0.2, 0.25) is 0 Å². The van der Waals surface area contributed by atoms with Crippen molar-refractivity contribution in [2.45, 2.75) is 13.8 Å². The normalized spacial score (nSPS) is 10.9. The predicted molar refractivity (Wildman–Crippen MR) is 193 cm³/mol. The molecular formula is C36H35N9O6. The van der Waals surface area contributed by atoms with Crippen LogP contribution < -0.4 is 31.9 Å². The third-order valence-corrected chi connectivity index (χ3v) is 7.94. The van der Waals surface area contributed by atoms with Gasteiger partial charge >= 0.3 is 0 Å². The van der Waals surface area contributed by atoms with Gasteiger partial charge in [0, 0.05) is 89.7 Å². The van der Waals surface area contributed by atoms with E-state index in [1.807, 2.05) is 0 Å². The molecule has 0 unspecified atom stereocenters. The number of anilines is 2. The molecule has 6 rings (SSSR count). The molecule has 0 aliphatic rings. The maximum atomic E-state index is 13.2. The average molecular weight is 690 g/mol. The number of carbonyl (C=O) groups excluding carboxylic acids is 6. The van der Waals surface area contributed by atoms with E-state index in [0.717, 1.165) is 16.3 Å². The Labute approximate surface area is 290 Å². The molecule has 0 radical (unpaired) electrons. The van der Waals surface area contributed by atoms with Gasteiger partial charge in [-0.2, -0.15) is 0 Å². The maximum absolute atomic E-state index is 13.2. The van der Waals surface area contributed by atoms with Crippen LogP contribution in [0, 0.1) is 0 Å². The Balaban J connectivity index is 1.07. The minimum absolute atomic E-state index is 0.174. The highest BCUT2D eigenvalue weighted by atomic mass is 16.2. The Kier molecular flexibility index (Phi) is 9.79. The monoisotopic (exact) mass is 689 g/mol. The predicted octanol–water partition coefficient (Wildman–Crippen LogP) is 3.37. The number of rotatable bonds is 12. The van der Waals surface area contributed by atoms with Crippen LogP contribution in [0.15, 0.2) is 72.8 Å². The molecule has 6 aromatic rings. The second-order valence-electron chi connectivity index (χ2n) is 11.8. The maximum Gasteiger partial charge on any atom is 0.272 e. The number of carbonyl (C=O) groups is 6. The van der Waals surface area contributed by atoms with Gasteiger partial charge in [0.25, 0.3) is 23.6 Å². The topological polar surface area (TPSA) is 222 Å². The minimum Gasteiger partial charge on any atom is -0.355 e. The molecular weight excluding hydrogens is 654 g/mol. The van der Waals surface area contributed by atoms with Crippen molar-refractivity contribution in [1.82, 2.24) is 36.2 Å². The van der Waals surface area contributed by atoms with Crippen LogP contribution in [0.25, 0.3) is 32.7 Å². The Hall–Kier alpha value is -6.90. The van der Waals surface area contributed by atoms with Crippen molar-refractivity contribution in [3.8, 4) is 0 Å². The van der Waals surface area contributed by atoms with E-state index in [1.165, 1.54) is 13.8 Å². The van der Waals surface area contributed by atoms with Gasteiger partial charge in [0.05, 0.1) is 0 Å². The lowest BCUT2D eigenvalue weighted by Gasteiger charge is -2.05. The lowest BCUT2D eigenvalue weighted by molar-refractivity contribution is -0.119. The van der Waals surface area contributed by atoms with Crippen LogP contribution in [0.4, 0.5) is 11.4 Å². The third-order valence-electron chi connectivity index (χ3n) is 7.94. The molecule has 0 saturated carbocycles. The number of hydrogen-bond acceptors (Lipinski definition) is 6. The number of aromatic amines is 3. The molecule has 0 aliphatic heterocycles. The molecule has 0 aliphatic carbocycles. The van der Waals surface area contributed by atoms with E-state index >= 15 is 0 Å². The first-order valence-corrected chi connectivity index (χ1v) is 16.1. The fraction of sp³-hybridized carbons (Fsp3) is 0.167. The summed E-state index contributed by atoms with van der Waals surface area (Å²) in [6, 6.07) is 20.6.